The van der Waals surface area contributed by atoms with Gasteiger partial charge < -0.3 is 25.4 Å². The van der Waals surface area contributed by atoms with Crippen molar-refractivity contribution in [1.29, 1.82) is 0 Å². The van der Waals surface area contributed by atoms with Crippen LogP contribution in [0, 0.1) is 11.6 Å². The molecule has 46 heavy (non-hydrogen) atoms. The average molecular weight is 665 g/mol. The van der Waals surface area contributed by atoms with E-state index < -0.39 is 50.9 Å². The Morgan fingerprint density at radius 1 is 0.978 bits per heavy atom. The average Bonchev–Trinajstić information content (AvgIpc) is 2.98. The summed E-state index contributed by atoms with van der Waals surface area (Å²) in [5.74, 6) is 1.58. The highest BCUT2D eigenvalue weighted by molar-refractivity contribution is 7.99. The van der Waals surface area contributed by atoms with E-state index in [2.05, 4.69) is 31.2 Å². The lowest BCUT2D eigenvalue weighted by molar-refractivity contribution is -0.137. The first-order valence-electron chi connectivity index (χ1n) is 13.0. The minimum atomic E-state index is -4.77. The van der Waals surface area contributed by atoms with Crippen LogP contribution in [0.1, 0.15) is 12.5 Å². The van der Waals surface area contributed by atoms with E-state index in [0.717, 1.165) is 6.07 Å². The highest BCUT2D eigenvalue weighted by Crippen LogP contribution is 2.33. The highest BCUT2D eigenvalue weighted by atomic mass is 32.2. The molecule has 0 bridgehead atoms. The van der Waals surface area contributed by atoms with Gasteiger partial charge in [-0.2, -0.15) is 18.2 Å². The van der Waals surface area contributed by atoms with E-state index in [1.165, 1.54) is 37.6 Å². The quantitative estimate of drug-likeness (QED) is 0.116. The zero-order chi connectivity index (χ0) is 33.6. The summed E-state index contributed by atoms with van der Waals surface area (Å²) >= 11 is 0. The van der Waals surface area contributed by atoms with Crippen molar-refractivity contribution in [2.45, 2.75) is 18.0 Å². The number of methoxy groups -OCH3 is 1. The van der Waals surface area contributed by atoms with E-state index in [-0.39, 0.29) is 40.1 Å². The van der Waals surface area contributed by atoms with Crippen LogP contribution < -0.4 is 25.4 Å². The van der Waals surface area contributed by atoms with Gasteiger partial charge in [-0.25, -0.2) is 32.3 Å². The Balaban J connectivity index is 1.49. The maximum Gasteiger partial charge on any atom is 0.418 e. The number of benzene rings is 3. The molecule has 4 N–H and O–H groups in total. The second-order valence-corrected chi connectivity index (χ2v) is 11.3. The number of urea groups is 1. The van der Waals surface area contributed by atoms with Gasteiger partial charge in [0.15, 0.2) is 0 Å². The summed E-state index contributed by atoms with van der Waals surface area (Å²) < 4.78 is 93.0. The number of hydrogen-bond acceptors (Lipinski definition) is 8. The van der Waals surface area contributed by atoms with Crippen molar-refractivity contribution in [3.05, 3.63) is 84.1 Å². The van der Waals surface area contributed by atoms with Crippen molar-refractivity contribution >= 4 is 50.7 Å². The second-order valence-electron chi connectivity index (χ2n) is 9.23. The third-order valence-corrected chi connectivity index (χ3v) is 7.52. The van der Waals surface area contributed by atoms with Crippen LogP contribution in [0.2, 0.25) is 0 Å². The first-order valence-corrected chi connectivity index (χ1v) is 14.8. The molecular formula is C29H25F5N6O5S. The molecule has 0 radical (unpaired) electrons. The Hall–Kier alpha value is -5.45. The number of nitrogens with one attached hydrogen (secondary N) is 4. The van der Waals surface area contributed by atoms with Gasteiger partial charge in [-0.05, 0) is 66.9 Å². The molecule has 17 heteroatoms. The number of alkyl halides is 3. The first-order chi connectivity index (χ1) is 21.7. The Bertz CT molecular complexity index is 1890. The van der Waals surface area contributed by atoms with Gasteiger partial charge in [-0.1, -0.05) is 12.1 Å². The summed E-state index contributed by atoms with van der Waals surface area (Å²) in [7, 11) is -1.93. The zero-order valence-corrected chi connectivity index (χ0v) is 24.8. The number of aromatic nitrogens is 2. The Labute approximate surface area is 259 Å². The lowest BCUT2D eigenvalue weighted by Gasteiger charge is -2.14. The topological polar surface area (TPSA) is 144 Å². The van der Waals surface area contributed by atoms with E-state index >= 15 is 0 Å². The number of rotatable bonds is 9. The van der Waals surface area contributed by atoms with Gasteiger partial charge in [0.25, 0.3) is 0 Å². The lowest BCUT2D eigenvalue weighted by atomic mass is 10.1. The Morgan fingerprint density at radius 2 is 1.72 bits per heavy atom. The molecule has 0 aliphatic rings. The summed E-state index contributed by atoms with van der Waals surface area (Å²) in [5.41, 5.74) is -1.41. The molecule has 1 unspecified atom stereocenters. The van der Waals surface area contributed by atoms with Gasteiger partial charge >= 0.3 is 18.3 Å². The van der Waals surface area contributed by atoms with Gasteiger partial charge in [0, 0.05) is 11.9 Å². The smallest absolute Gasteiger partial charge is 0.418 e. The van der Waals surface area contributed by atoms with E-state index in [4.69, 9.17) is 9.47 Å². The zero-order valence-electron chi connectivity index (χ0n) is 24.0. The van der Waals surface area contributed by atoms with Crippen molar-refractivity contribution in [2.24, 2.45) is 0 Å². The van der Waals surface area contributed by atoms with Gasteiger partial charge in [0.1, 0.15) is 11.6 Å². The van der Waals surface area contributed by atoms with E-state index in [1.54, 1.807) is 19.1 Å². The van der Waals surface area contributed by atoms with E-state index in [1.807, 2.05) is 5.32 Å². The van der Waals surface area contributed by atoms with E-state index in [9.17, 15) is 35.8 Å². The van der Waals surface area contributed by atoms with Crippen LogP contribution in [-0.2, 0) is 20.6 Å². The van der Waals surface area contributed by atoms with Crippen molar-refractivity contribution in [1.82, 2.24) is 14.7 Å². The molecule has 1 atom stereocenters. The molecule has 0 aliphatic heterocycles. The van der Waals surface area contributed by atoms with Crippen molar-refractivity contribution in [2.75, 3.05) is 29.7 Å². The van der Waals surface area contributed by atoms with Crippen LogP contribution in [0.5, 0.6) is 5.88 Å². The molecule has 0 saturated carbocycles. The first kappa shape index (κ1) is 33.4. The fourth-order valence-electron chi connectivity index (χ4n) is 3.90. The summed E-state index contributed by atoms with van der Waals surface area (Å²) in [6.45, 7) is 1.68. The lowest BCUT2D eigenvalue weighted by Crippen LogP contribution is -2.31. The second kappa shape index (κ2) is 13.7. The Morgan fingerprint density at radius 3 is 2.39 bits per heavy atom. The van der Waals surface area contributed by atoms with Crippen LogP contribution in [0.15, 0.2) is 71.8 Å². The monoisotopic (exact) mass is 664 g/mol. The maximum absolute atomic E-state index is 15.0. The van der Waals surface area contributed by atoms with E-state index in [0.29, 0.717) is 23.9 Å². The molecule has 1 aromatic heterocycles. The molecule has 3 aromatic carbocycles. The highest BCUT2D eigenvalue weighted by Gasteiger charge is 2.31. The van der Waals surface area contributed by atoms with Gasteiger partial charge in [-0.3, -0.25) is 0 Å². The SMILES string of the molecule is C=S(=O)(NC(=O)OCC)c1cccc(Nc2ncc(-c3ccc(NC(=O)Nc4cc(C(F)(F)F)ccc4F)c(F)c3)c(OC)n2)c1. The molecular weight excluding hydrogens is 639 g/mol. The largest absolute Gasteiger partial charge is 0.480 e. The van der Waals surface area contributed by atoms with Crippen molar-refractivity contribution in [3.63, 3.8) is 0 Å². The van der Waals surface area contributed by atoms with Gasteiger partial charge in [0.2, 0.25) is 11.8 Å². The molecule has 0 fully saturated rings. The number of anilines is 4. The van der Waals surface area contributed by atoms with Crippen LogP contribution in [0.25, 0.3) is 11.1 Å². The summed E-state index contributed by atoms with van der Waals surface area (Å²) in [6, 6.07) is 10.0. The summed E-state index contributed by atoms with van der Waals surface area (Å²) in [4.78, 5) is 32.7. The maximum atomic E-state index is 15.0. The van der Waals surface area contributed by atoms with Crippen LogP contribution in [0.4, 0.5) is 54.6 Å². The number of halogens is 5. The molecule has 0 aliphatic carbocycles. The number of amides is 3. The molecule has 242 valence electrons. The molecule has 0 spiro atoms. The predicted molar refractivity (Wildman–Crippen MR) is 161 cm³/mol. The fourth-order valence-corrected chi connectivity index (χ4v) is 4.96. The number of hydrogen-bond donors (Lipinski definition) is 4. The number of nitrogens with zero attached hydrogens (tertiary/aromatic N) is 2. The minimum Gasteiger partial charge on any atom is -0.480 e. The van der Waals surface area contributed by atoms with Crippen molar-refractivity contribution in [3.8, 4) is 17.0 Å². The fraction of sp³-hybridized carbons (Fsp3) is 0.138. The molecule has 4 rings (SSSR count). The molecule has 3 amide bonds. The normalized spacial score (nSPS) is 12.4. The number of ether oxygens (including phenoxy) is 2. The van der Waals surface area contributed by atoms with Gasteiger partial charge in [0.05, 0.1) is 50.8 Å². The number of carbonyl (C=O) groups excluding carboxylic acids is 2. The molecule has 11 nitrogen and oxygen atoms in total. The standard InChI is InChI=1S/C29H25F5N6O5S/c1-4-45-28(42)40-46(3,43)19-7-5-6-18(14-19)36-26-35-15-20(25(39-26)44-2)16-8-11-23(22(31)12-16)37-27(41)38-24-13-17(29(32,33)34)9-10-21(24)30/h5-15H,3-4H2,1-2H3,(H,35,36,39)(H2,37,38,41)(H,40,42,43). The molecule has 0 saturated heterocycles. The van der Waals surface area contributed by atoms with Crippen molar-refractivity contribution < 1.29 is 45.2 Å². The van der Waals surface area contributed by atoms with Gasteiger partial charge in [-0.15, -0.1) is 0 Å². The van der Waals surface area contributed by atoms with Crippen LogP contribution >= 0.6 is 0 Å². The predicted octanol–water partition coefficient (Wildman–Crippen LogP) is 6.57. The number of carbonyl (C=O) groups is 2. The Kier molecular flexibility index (Phi) is 9.94. The third-order valence-electron chi connectivity index (χ3n) is 6.01. The molecule has 1 heterocycles. The molecule has 4 aromatic rings. The third kappa shape index (κ3) is 8.17. The summed E-state index contributed by atoms with van der Waals surface area (Å²) in [6.07, 6.45) is -4.33. The summed E-state index contributed by atoms with van der Waals surface area (Å²) in [5, 5.41) is 6.96. The van der Waals surface area contributed by atoms with Crippen LogP contribution in [-0.4, -0.2) is 45.9 Å². The minimum absolute atomic E-state index is 0.0245. The van der Waals surface area contributed by atoms with Crippen LogP contribution in [0.3, 0.4) is 0 Å².